The molecule has 0 radical (unpaired) electrons. The highest BCUT2D eigenvalue weighted by Gasteiger charge is 2.38. The quantitative estimate of drug-likeness (QED) is 0.763. The van der Waals surface area contributed by atoms with Gasteiger partial charge in [0.15, 0.2) is 0 Å². The van der Waals surface area contributed by atoms with E-state index < -0.39 is 14.5 Å². The number of rotatable bonds is 2. The molecule has 1 saturated carbocycles. The predicted molar refractivity (Wildman–Crippen MR) is 60.6 cm³/mol. The summed E-state index contributed by atoms with van der Waals surface area (Å²) in [6.07, 6.45) is 2.73. The van der Waals surface area contributed by atoms with Crippen LogP contribution in [0.3, 0.4) is 0 Å². The third-order valence-corrected chi connectivity index (χ3v) is 4.48. The van der Waals surface area contributed by atoms with Gasteiger partial charge in [0.25, 0.3) is 9.05 Å². The van der Waals surface area contributed by atoms with Crippen LogP contribution in [-0.2, 0) is 14.5 Å². The molecule has 1 aromatic rings. The van der Waals surface area contributed by atoms with Gasteiger partial charge in [0.1, 0.15) is 0 Å². The molecule has 1 fully saturated rings. The minimum absolute atomic E-state index is 0.0744. The summed E-state index contributed by atoms with van der Waals surface area (Å²) in [7, 11) is 1.54. The van der Waals surface area contributed by atoms with Gasteiger partial charge in [0.2, 0.25) is 0 Å². The highest BCUT2D eigenvalue weighted by atomic mass is 35.7. The molecular formula is C11H10ClNO2S. The summed E-state index contributed by atoms with van der Waals surface area (Å²) in [5.41, 5.74) is 0.472. The van der Waals surface area contributed by atoms with Crippen molar-refractivity contribution in [2.45, 2.75) is 29.6 Å². The molecule has 0 amide bonds. The first-order chi connectivity index (χ1) is 7.48. The smallest absolute Gasteiger partial charge is 0.207 e. The van der Waals surface area contributed by atoms with Crippen molar-refractivity contribution in [3.05, 3.63) is 29.8 Å². The Kier molecular flexibility index (Phi) is 2.69. The van der Waals surface area contributed by atoms with Crippen LogP contribution in [0.4, 0.5) is 0 Å². The lowest BCUT2D eigenvalue weighted by Gasteiger charge is -2.35. The van der Waals surface area contributed by atoms with E-state index in [4.69, 9.17) is 15.9 Å². The molecule has 0 aromatic heterocycles. The third-order valence-electron chi connectivity index (χ3n) is 3.11. The van der Waals surface area contributed by atoms with Gasteiger partial charge < -0.3 is 0 Å². The van der Waals surface area contributed by atoms with E-state index in [1.54, 1.807) is 12.1 Å². The van der Waals surface area contributed by atoms with E-state index in [-0.39, 0.29) is 4.90 Å². The average molecular weight is 256 g/mol. The maximum absolute atomic E-state index is 11.0. The van der Waals surface area contributed by atoms with E-state index >= 15 is 0 Å². The summed E-state index contributed by atoms with van der Waals surface area (Å²) in [6.45, 7) is 0. The number of benzene rings is 1. The Labute approximate surface area is 99.1 Å². The summed E-state index contributed by atoms with van der Waals surface area (Å²) < 4.78 is 22.1. The Balaban J connectivity index is 2.37. The molecule has 3 nitrogen and oxygen atoms in total. The molecule has 0 heterocycles. The summed E-state index contributed by atoms with van der Waals surface area (Å²) in [4.78, 5) is 0.0744. The van der Waals surface area contributed by atoms with E-state index in [1.165, 1.54) is 12.1 Å². The lowest BCUT2D eigenvalue weighted by atomic mass is 9.66. The second-order valence-electron chi connectivity index (χ2n) is 4.01. The lowest BCUT2D eigenvalue weighted by Crippen LogP contribution is -2.32. The Morgan fingerprint density at radius 1 is 1.25 bits per heavy atom. The highest BCUT2D eigenvalue weighted by Crippen LogP contribution is 2.43. The SMILES string of the molecule is N#CC1(c2ccc(S(=O)(=O)Cl)cc2)CCC1. The average Bonchev–Trinajstić information content (AvgIpc) is 2.16. The third kappa shape index (κ3) is 1.81. The van der Waals surface area contributed by atoms with Crippen LogP contribution in [0, 0.1) is 11.3 Å². The molecule has 0 atom stereocenters. The van der Waals surface area contributed by atoms with E-state index in [1.807, 2.05) is 0 Å². The van der Waals surface area contributed by atoms with E-state index in [9.17, 15) is 8.42 Å². The molecule has 0 saturated heterocycles. The standard InChI is InChI=1S/C11H10ClNO2S/c12-16(14,15)10-4-2-9(3-5-10)11(8-13)6-1-7-11/h2-5H,1,6-7H2. The summed E-state index contributed by atoms with van der Waals surface area (Å²) in [5, 5.41) is 9.12. The second-order valence-corrected chi connectivity index (χ2v) is 6.58. The molecule has 2 rings (SSSR count). The van der Waals surface area contributed by atoms with Crippen molar-refractivity contribution in [2.24, 2.45) is 0 Å². The maximum atomic E-state index is 11.0. The summed E-state index contributed by atoms with van der Waals surface area (Å²) in [6, 6.07) is 8.57. The minimum Gasteiger partial charge on any atom is -0.207 e. The van der Waals surface area contributed by atoms with Crippen LogP contribution in [0.15, 0.2) is 29.2 Å². The van der Waals surface area contributed by atoms with Gasteiger partial charge in [-0.05, 0) is 37.0 Å². The van der Waals surface area contributed by atoms with Crippen LogP contribution in [0.1, 0.15) is 24.8 Å². The zero-order chi connectivity index (χ0) is 11.8. The lowest BCUT2D eigenvalue weighted by molar-refractivity contribution is 0.324. The number of nitrogens with zero attached hydrogens (tertiary/aromatic N) is 1. The first kappa shape index (κ1) is 11.4. The first-order valence-electron chi connectivity index (χ1n) is 4.94. The Bertz CT molecular complexity index is 538. The van der Waals surface area contributed by atoms with Crippen LogP contribution >= 0.6 is 10.7 Å². The van der Waals surface area contributed by atoms with Gasteiger partial charge in [-0.2, -0.15) is 5.26 Å². The molecule has 0 bridgehead atoms. The van der Waals surface area contributed by atoms with E-state index in [0.717, 1.165) is 24.8 Å². The van der Waals surface area contributed by atoms with E-state index in [0.29, 0.717) is 0 Å². The largest absolute Gasteiger partial charge is 0.261 e. The second kappa shape index (κ2) is 3.76. The molecule has 1 aliphatic rings. The Hall–Kier alpha value is -1.05. The van der Waals surface area contributed by atoms with Gasteiger partial charge in [-0.3, -0.25) is 0 Å². The van der Waals surface area contributed by atoms with Gasteiger partial charge in [-0.15, -0.1) is 0 Å². The molecule has 0 spiro atoms. The number of halogens is 1. The molecule has 5 heteroatoms. The Morgan fingerprint density at radius 3 is 2.12 bits per heavy atom. The normalized spacial score (nSPS) is 18.5. The predicted octanol–water partition coefficient (Wildman–Crippen LogP) is 2.56. The van der Waals surface area contributed by atoms with Crippen molar-refractivity contribution >= 4 is 19.7 Å². The fourth-order valence-electron chi connectivity index (χ4n) is 1.93. The molecule has 0 unspecified atom stereocenters. The van der Waals surface area contributed by atoms with Crippen molar-refractivity contribution in [3.63, 3.8) is 0 Å². The molecular weight excluding hydrogens is 246 g/mol. The fraction of sp³-hybridized carbons (Fsp3) is 0.364. The number of hydrogen-bond donors (Lipinski definition) is 0. The summed E-state index contributed by atoms with van der Waals surface area (Å²) in [5.74, 6) is 0. The molecule has 1 aromatic carbocycles. The molecule has 16 heavy (non-hydrogen) atoms. The van der Waals surface area contributed by atoms with E-state index in [2.05, 4.69) is 6.07 Å². The fourth-order valence-corrected chi connectivity index (χ4v) is 2.70. The monoisotopic (exact) mass is 255 g/mol. The van der Waals surface area contributed by atoms with Gasteiger partial charge in [0.05, 0.1) is 16.4 Å². The van der Waals surface area contributed by atoms with Crippen molar-refractivity contribution < 1.29 is 8.42 Å². The molecule has 1 aliphatic carbocycles. The molecule has 84 valence electrons. The maximum Gasteiger partial charge on any atom is 0.261 e. The van der Waals surface area contributed by atoms with Crippen LogP contribution in [0.2, 0.25) is 0 Å². The van der Waals surface area contributed by atoms with Crippen LogP contribution in [-0.4, -0.2) is 8.42 Å². The topological polar surface area (TPSA) is 57.9 Å². The zero-order valence-electron chi connectivity index (χ0n) is 8.48. The van der Waals surface area contributed by atoms with Crippen molar-refractivity contribution in [3.8, 4) is 6.07 Å². The van der Waals surface area contributed by atoms with Gasteiger partial charge >= 0.3 is 0 Å². The van der Waals surface area contributed by atoms with Gasteiger partial charge in [0, 0.05) is 10.7 Å². The highest BCUT2D eigenvalue weighted by molar-refractivity contribution is 8.13. The van der Waals surface area contributed by atoms with Crippen LogP contribution < -0.4 is 0 Å². The molecule has 0 N–H and O–H groups in total. The number of nitriles is 1. The Morgan fingerprint density at radius 2 is 1.81 bits per heavy atom. The zero-order valence-corrected chi connectivity index (χ0v) is 10.1. The van der Waals surface area contributed by atoms with Crippen molar-refractivity contribution in [1.82, 2.24) is 0 Å². The summed E-state index contributed by atoms with van der Waals surface area (Å²) >= 11 is 0. The number of hydrogen-bond acceptors (Lipinski definition) is 3. The van der Waals surface area contributed by atoms with Gasteiger partial charge in [-0.25, -0.2) is 8.42 Å². The van der Waals surface area contributed by atoms with Crippen LogP contribution in [0.5, 0.6) is 0 Å². The first-order valence-corrected chi connectivity index (χ1v) is 7.25. The van der Waals surface area contributed by atoms with Crippen molar-refractivity contribution in [2.75, 3.05) is 0 Å². The molecule has 0 aliphatic heterocycles. The van der Waals surface area contributed by atoms with Gasteiger partial charge in [-0.1, -0.05) is 12.1 Å². The minimum atomic E-state index is -3.67. The van der Waals surface area contributed by atoms with Crippen LogP contribution in [0.25, 0.3) is 0 Å². The van der Waals surface area contributed by atoms with Crippen molar-refractivity contribution in [1.29, 1.82) is 5.26 Å².